The molecule has 1 N–H and O–H groups in total. The number of ketones is 1. The van der Waals surface area contributed by atoms with Gasteiger partial charge in [-0.2, -0.15) is 0 Å². The summed E-state index contributed by atoms with van der Waals surface area (Å²) in [6.45, 7) is 5.43. The fraction of sp³-hybridized carbons (Fsp3) is 0.273. The third-order valence-electron chi connectivity index (χ3n) is 4.71. The summed E-state index contributed by atoms with van der Waals surface area (Å²) in [5, 5.41) is 10.6. The van der Waals surface area contributed by atoms with Crippen LogP contribution in [0.5, 0.6) is 5.75 Å². The number of carbonyl (C=O) groups is 2. The van der Waals surface area contributed by atoms with Crippen LogP contribution in [0, 0.1) is 12.8 Å². The fourth-order valence-electron chi connectivity index (χ4n) is 3.40. The molecule has 0 aromatic heterocycles. The third kappa shape index (κ3) is 3.21. The Kier molecular flexibility index (Phi) is 5.04. The van der Waals surface area contributed by atoms with Crippen molar-refractivity contribution in [2.45, 2.75) is 26.8 Å². The van der Waals surface area contributed by atoms with E-state index in [1.54, 1.807) is 33.1 Å². The lowest BCUT2D eigenvalue weighted by molar-refractivity contribution is -0.119. The number of carbonyl (C=O) groups excluding carboxylic acids is 2. The number of para-hydroxylation sites is 1. The van der Waals surface area contributed by atoms with Crippen molar-refractivity contribution in [2.75, 3.05) is 12.0 Å². The van der Waals surface area contributed by atoms with Gasteiger partial charge in [0, 0.05) is 17.2 Å². The number of aliphatic hydroxyl groups is 1. The molecular weight excluding hydrogens is 342 g/mol. The lowest BCUT2D eigenvalue weighted by Crippen LogP contribution is -2.31. The van der Waals surface area contributed by atoms with Crippen molar-refractivity contribution >= 4 is 17.4 Å². The van der Waals surface area contributed by atoms with Crippen LogP contribution in [-0.4, -0.2) is 23.9 Å². The number of hydrogen-bond acceptors (Lipinski definition) is 4. The zero-order valence-electron chi connectivity index (χ0n) is 15.9. The number of anilines is 1. The molecule has 5 nitrogen and oxygen atoms in total. The van der Waals surface area contributed by atoms with Gasteiger partial charge in [-0.25, -0.2) is 0 Å². The Bertz CT molecular complexity index is 929. The molecule has 140 valence electrons. The number of hydrogen-bond donors (Lipinski definition) is 1. The molecule has 1 amide bonds. The van der Waals surface area contributed by atoms with Crippen molar-refractivity contribution in [1.82, 2.24) is 0 Å². The molecule has 0 bridgehead atoms. The lowest BCUT2D eigenvalue weighted by atomic mass is 9.90. The van der Waals surface area contributed by atoms with Crippen molar-refractivity contribution < 1.29 is 19.4 Å². The minimum absolute atomic E-state index is 0.112. The predicted molar refractivity (Wildman–Crippen MR) is 104 cm³/mol. The maximum atomic E-state index is 13.0. The minimum atomic E-state index is -0.745. The number of aliphatic hydroxyl groups excluding tert-OH is 1. The monoisotopic (exact) mass is 365 g/mol. The molecule has 1 atom stereocenters. The molecule has 1 unspecified atom stereocenters. The van der Waals surface area contributed by atoms with Gasteiger partial charge in [0.1, 0.15) is 5.75 Å². The highest BCUT2D eigenvalue weighted by molar-refractivity contribution is 6.17. The Hall–Kier alpha value is -3.08. The van der Waals surface area contributed by atoms with Crippen LogP contribution < -0.4 is 9.64 Å². The Balaban J connectivity index is 2.25. The maximum Gasteiger partial charge on any atom is 0.294 e. The zero-order chi connectivity index (χ0) is 19.7. The smallest absolute Gasteiger partial charge is 0.294 e. The van der Waals surface area contributed by atoms with E-state index >= 15 is 0 Å². The van der Waals surface area contributed by atoms with Gasteiger partial charge in [0.25, 0.3) is 5.91 Å². The summed E-state index contributed by atoms with van der Waals surface area (Å²) in [6.07, 6.45) is 0. The van der Waals surface area contributed by atoms with E-state index in [-0.39, 0.29) is 17.3 Å². The molecule has 1 heterocycles. The van der Waals surface area contributed by atoms with Crippen LogP contribution >= 0.6 is 0 Å². The number of methoxy groups -OCH3 is 1. The van der Waals surface area contributed by atoms with Gasteiger partial charge in [0.2, 0.25) is 0 Å². The average Bonchev–Trinajstić information content (AvgIpc) is 2.92. The molecule has 0 radical (unpaired) electrons. The number of rotatable bonds is 5. The lowest BCUT2D eigenvalue weighted by Gasteiger charge is -2.28. The summed E-state index contributed by atoms with van der Waals surface area (Å²) < 4.78 is 5.47. The molecule has 0 saturated heterocycles. The minimum Gasteiger partial charge on any atom is -0.503 e. The highest BCUT2D eigenvalue weighted by atomic mass is 16.5. The summed E-state index contributed by atoms with van der Waals surface area (Å²) in [5.74, 6) is -1.14. The second-order valence-electron chi connectivity index (χ2n) is 6.94. The second-order valence-corrected chi connectivity index (χ2v) is 6.94. The highest BCUT2D eigenvalue weighted by Gasteiger charge is 2.45. The van der Waals surface area contributed by atoms with Crippen molar-refractivity contribution in [1.29, 1.82) is 0 Å². The second kappa shape index (κ2) is 7.27. The molecule has 27 heavy (non-hydrogen) atoms. The number of amides is 1. The standard InChI is InChI=1S/C22H23NO4/c1-13(2)20(24)18-19(16-10-5-6-11-17(16)27-4)23(22(26)21(18)25)15-9-7-8-14(3)12-15/h5-13,19,25H,1-4H3. The van der Waals surface area contributed by atoms with Gasteiger partial charge in [-0.3, -0.25) is 14.5 Å². The van der Waals surface area contributed by atoms with Gasteiger partial charge in [0.15, 0.2) is 11.5 Å². The number of nitrogens with zero attached hydrogens (tertiary/aromatic N) is 1. The molecule has 0 saturated carbocycles. The molecule has 1 aliphatic rings. The van der Waals surface area contributed by atoms with Crippen molar-refractivity contribution in [3.05, 3.63) is 71.0 Å². The predicted octanol–water partition coefficient (Wildman–Crippen LogP) is 4.13. The Morgan fingerprint density at radius 2 is 1.85 bits per heavy atom. The fourth-order valence-corrected chi connectivity index (χ4v) is 3.40. The SMILES string of the molecule is COc1ccccc1C1C(C(=O)C(C)C)=C(O)C(=O)N1c1cccc(C)c1. The van der Waals surface area contributed by atoms with Crippen LogP contribution in [-0.2, 0) is 9.59 Å². The van der Waals surface area contributed by atoms with Gasteiger partial charge in [-0.15, -0.1) is 0 Å². The van der Waals surface area contributed by atoms with Gasteiger partial charge in [0.05, 0.1) is 18.7 Å². The van der Waals surface area contributed by atoms with Crippen LogP contribution in [0.3, 0.4) is 0 Å². The summed E-state index contributed by atoms with van der Waals surface area (Å²) in [7, 11) is 1.54. The molecule has 5 heteroatoms. The van der Waals surface area contributed by atoms with Crippen molar-refractivity contribution in [3.8, 4) is 5.75 Å². The van der Waals surface area contributed by atoms with Crippen LogP contribution in [0.1, 0.15) is 31.0 Å². The van der Waals surface area contributed by atoms with Crippen LogP contribution in [0.15, 0.2) is 59.9 Å². The molecule has 0 aliphatic carbocycles. The van der Waals surface area contributed by atoms with E-state index < -0.39 is 17.7 Å². The Labute approximate surface area is 158 Å². The van der Waals surface area contributed by atoms with Crippen molar-refractivity contribution in [3.63, 3.8) is 0 Å². The first-order valence-electron chi connectivity index (χ1n) is 8.87. The number of ether oxygens (including phenoxy) is 1. The zero-order valence-corrected chi connectivity index (χ0v) is 15.9. The Morgan fingerprint density at radius 3 is 2.48 bits per heavy atom. The van der Waals surface area contributed by atoms with E-state index in [1.165, 1.54) is 4.90 Å². The van der Waals surface area contributed by atoms with E-state index in [4.69, 9.17) is 4.74 Å². The average molecular weight is 365 g/mol. The summed E-state index contributed by atoms with van der Waals surface area (Å²) in [4.78, 5) is 27.3. The van der Waals surface area contributed by atoms with Gasteiger partial charge < -0.3 is 9.84 Å². The van der Waals surface area contributed by atoms with Gasteiger partial charge in [-0.1, -0.05) is 44.2 Å². The van der Waals surface area contributed by atoms with Crippen LogP contribution in [0.4, 0.5) is 5.69 Å². The molecule has 3 rings (SSSR count). The van der Waals surface area contributed by atoms with E-state index in [1.807, 2.05) is 43.3 Å². The Morgan fingerprint density at radius 1 is 1.15 bits per heavy atom. The molecule has 2 aromatic rings. The number of benzene rings is 2. The third-order valence-corrected chi connectivity index (χ3v) is 4.71. The van der Waals surface area contributed by atoms with E-state index in [2.05, 4.69) is 0 Å². The largest absolute Gasteiger partial charge is 0.503 e. The molecule has 0 fully saturated rings. The topological polar surface area (TPSA) is 66.8 Å². The van der Waals surface area contributed by atoms with E-state index in [0.29, 0.717) is 17.0 Å². The van der Waals surface area contributed by atoms with E-state index in [9.17, 15) is 14.7 Å². The van der Waals surface area contributed by atoms with Gasteiger partial charge >= 0.3 is 0 Å². The molecular formula is C22H23NO4. The first-order valence-corrected chi connectivity index (χ1v) is 8.87. The first-order chi connectivity index (χ1) is 12.9. The molecule has 1 aliphatic heterocycles. The van der Waals surface area contributed by atoms with Crippen LogP contribution in [0.2, 0.25) is 0 Å². The molecule has 2 aromatic carbocycles. The summed E-state index contributed by atoms with van der Waals surface area (Å²) in [5.41, 5.74) is 2.36. The van der Waals surface area contributed by atoms with E-state index in [0.717, 1.165) is 5.56 Å². The highest BCUT2D eigenvalue weighted by Crippen LogP contribution is 2.44. The normalized spacial score (nSPS) is 17.0. The number of Topliss-reactive ketones (excluding diaryl/α,β-unsaturated/α-hetero) is 1. The van der Waals surface area contributed by atoms with Gasteiger partial charge in [-0.05, 0) is 30.7 Å². The summed E-state index contributed by atoms with van der Waals surface area (Å²) in [6, 6.07) is 13.9. The first kappa shape index (κ1) is 18.7. The quantitative estimate of drug-likeness (QED) is 0.865. The van der Waals surface area contributed by atoms with Crippen molar-refractivity contribution in [2.24, 2.45) is 5.92 Å². The van der Waals surface area contributed by atoms with Crippen LogP contribution in [0.25, 0.3) is 0 Å². The molecule has 0 spiro atoms. The number of aryl methyl sites for hydroxylation is 1. The maximum absolute atomic E-state index is 13.0. The summed E-state index contributed by atoms with van der Waals surface area (Å²) >= 11 is 0.